The van der Waals surface area contributed by atoms with E-state index in [0.29, 0.717) is 0 Å². The number of rotatable bonds is 0. The molecule has 0 aromatic rings. The molecule has 0 aliphatic heterocycles. The molecular weight excluding hydrogens is 228 g/mol. The second-order valence-corrected chi connectivity index (χ2v) is 11.2. The molecule has 0 aromatic heterocycles. The molecule has 5 spiro atoms. The molecule has 0 nitrogen and oxygen atoms in total. The van der Waals surface area contributed by atoms with Gasteiger partial charge in [0.2, 0.25) is 0 Å². The summed E-state index contributed by atoms with van der Waals surface area (Å²) in [5.74, 6) is 13.2. The largest absolute Gasteiger partial charge is 0.0459 e. The molecule has 3 bridgehead atoms. The van der Waals surface area contributed by atoms with E-state index in [-0.39, 0.29) is 0 Å². The van der Waals surface area contributed by atoms with Gasteiger partial charge >= 0.3 is 0 Å². The predicted octanol–water partition coefficient (Wildman–Crippen LogP) is 2.79. The number of hydrogen-bond acceptors (Lipinski definition) is 0. The van der Waals surface area contributed by atoms with E-state index in [9.17, 15) is 0 Å². The Bertz CT molecular complexity index is 758. The van der Waals surface area contributed by atoms with Gasteiger partial charge in [-0.15, -0.1) is 0 Å². The minimum atomic E-state index is 1.07. The third-order valence-electron chi connectivity index (χ3n) is 13.9. The van der Waals surface area contributed by atoms with Crippen molar-refractivity contribution in [1.29, 1.82) is 0 Å². The minimum absolute atomic E-state index is 1.07. The van der Waals surface area contributed by atoms with Crippen LogP contribution < -0.4 is 0 Å². The monoisotopic (exact) mass is 246 g/mol. The molecule has 0 radical (unpaired) electrons. The molecule has 0 saturated heterocycles. The molecule has 0 aromatic carbocycles. The second kappa shape index (κ2) is 1.27. The van der Waals surface area contributed by atoms with E-state index in [4.69, 9.17) is 0 Å². The summed E-state index contributed by atoms with van der Waals surface area (Å²) in [7, 11) is 0. The average Bonchev–Trinajstić information content (AvgIpc) is 2.60. The van der Waals surface area contributed by atoms with Gasteiger partial charge in [0.05, 0.1) is 0 Å². The van der Waals surface area contributed by atoms with Crippen LogP contribution in [0.2, 0.25) is 0 Å². The van der Waals surface area contributed by atoms with Gasteiger partial charge in [-0.2, -0.15) is 0 Å². The first kappa shape index (κ1) is 7.32. The van der Waals surface area contributed by atoms with E-state index in [1.54, 1.807) is 25.7 Å². The zero-order valence-corrected chi connectivity index (χ0v) is 11.1. The predicted molar refractivity (Wildman–Crippen MR) is 65.5 cm³/mol. The van der Waals surface area contributed by atoms with Crippen LogP contribution in [0, 0.1) is 86.3 Å². The molecule has 15 unspecified atom stereocenters. The van der Waals surface area contributed by atoms with Gasteiger partial charge in [-0.3, -0.25) is 0 Å². The van der Waals surface area contributed by atoms with Crippen molar-refractivity contribution in [2.75, 3.05) is 0 Å². The van der Waals surface area contributed by atoms with Gasteiger partial charge in [-0.1, -0.05) is 0 Å². The summed E-state index contributed by atoms with van der Waals surface area (Å²) in [4.78, 5) is 0. The lowest BCUT2D eigenvalue weighted by molar-refractivity contribution is -0.719. The summed E-state index contributed by atoms with van der Waals surface area (Å²) in [6, 6.07) is 0. The average molecular weight is 246 g/mol. The topological polar surface area (TPSA) is 0 Å². The summed E-state index contributed by atoms with van der Waals surface area (Å²) in [5, 5.41) is 0. The van der Waals surface area contributed by atoms with E-state index >= 15 is 0 Å². The van der Waals surface area contributed by atoms with Gasteiger partial charge in [0, 0.05) is 0 Å². The molecule has 0 N–H and O–H groups in total. The van der Waals surface area contributed by atoms with Crippen molar-refractivity contribution in [2.45, 2.75) is 25.7 Å². The molecule has 0 heterocycles. The van der Waals surface area contributed by atoms with Crippen LogP contribution in [0.3, 0.4) is 0 Å². The van der Waals surface area contributed by atoms with Crippen molar-refractivity contribution in [2.24, 2.45) is 86.3 Å². The lowest BCUT2D eigenvalue weighted by atomic mass is 8.85. The van der Waals surface area contributed by atoms with E-state index in [2.05, 4.69) is 0 Å². The fourth-order valence-corrected chi connectivity index (χ4v) is 16.1. The first-order valence-corrected chi connectivity index (χ1v) is 9.40. The molecule has 11 aliphatic carbocycles. The molecule has 0 amide bonds. The standard InChI is InChI=1S/C19H18/c1-5-6-2-10-14-12-4-8-7-3-11-13-9(1)15(5,10)19(14)17(8,12)16(7,11)18(6,13)19/h5-14H,1-4H2. The fourth-order valence-electron chi connectivity index (χ4n) is 16.1. The minimum Gasteiger partial charge on any atom is -0.0459 e. The Morgan fingerprint density at radius 3 is 2.05 bits per heavy atom. The van der Waals surface area contributed by atoms with Crippen LogP contribution in [0.5, 0.6) is 0 Å². The van der Waals surface area contributed by atoms with Crippen LogP contribution in [-0.4, -0.2) is 0 Å². The normalized spacial score (nSPS) is 112. The van der Waals surface area contributed by atoms with Gasteiger partial charge in [-0.25, -0.2) is 0 Å². The van der Waals surface area contributed by atoms with Gasteiger partial charge < -0.3 is 0 Å². The van der Waals surface area contributed by atoms with Crippen molar-refractivity contribution in [1.82, 2.24) is 0 Å². The summed E-state index contributed by atoms with van der Waals surface area (Å²) in [6.07, 6.45) is 6.98. The quantitative estimate of drug-likeness (QED) is 0.616. The van der Waals surface area contributed by atoms with Crippen LogP contribution in [0.1, 0.15) is 25.7 Å². The number of hydrogen-bond donors (Lipinski definition) is 0. The Labute approximate surface area is 112 Å². The maximum Gasteiger partial charge on any atom is -0.00632 e. The molecule has 94 valence electrons. The summed E-state index contributed by atoms with van der Waals surface area (Å²) in [5.41, 5.74) is 5.41. The second-order valence-electron chi connectivity index (χ2n) is 11.2. The van der Waals surface area contributed by atoms with E-state index in [1.165, 1.54) is 59.2 Å². The molecule has 0 heteroatoms. The van der Waals surface area contributed by atoms with Gasteiger partial charge in [0.25, 0.3) is 0 Å². The zero-order chi connectivity index (χ0) is 11.1. The summed E-state index contributed by atoms with van der Waals surface area (Å²) < 4.78 is 0. The molecule has 11 rings (SSSR count). The maximum absolute atomic E-state index is 1.77. The highest BCUT2D eigenvalue weighted by molar-refractivity contribution is 5.73. The van der Waals surface area contributed by atoms with E-state index < -0.39 is 0 Å². The van der Waals surface area contributed by atoms with Crippen molar-refractivity contribution in [3.8, 4) is 0 Å². The molecule has 19 heavy (non-hydrogen) atoms. The first-order chi connectivity index (χ1) is 9.40. The molecular formula is C19H18. The van der Waals surface area contributed by atoms with Gasteiger partial charge in [0.1, 0.15) is 0 Å². The lowest BCUT2D eigenvalue weighted by Gasteiger charge is -3.18. The maximum atomic E-state index is 1.77. The highest BCUT2D eigenvalue weighted by Crippen LogP contribution is 3.30. The molecule has 11 saturated carbocycles. The molecule has 11 fully saturated rings. The Balaban J connectivity index is 1.49. The van der Waals surface area contributed by atoms with Crippen molar-refractivity contribution in [3.63, 3.8) is 0 Å². The van der Waals surface area contributed by atoms with Crippen LogP contribution in [0.4, 0.5) is 0 Å². The third kappa shape index (κ3) is 0.219. The summed E-state index contributed by atoms with van der Waals surface area (Å²) >= 11 is 0. The SMILES string of the molecule is C1C2C3CC4C5C6CC7C8CC9C%10C1C24C51C76C89C3%101. The zero-order valence-electron chi connectivity index (χ0n) is 11.1. The Morgan fingerprint density at radius 2 is 1.11 bits per heavy atom. The Morgan fingerprint density at radius 1 is 0.474 bits per heavy atom. The van der Waals surface area contributed by atoms with Crippen LogP contribution in [-0.2, 0) is 0 Å². The first-order valence-electron chi connectivity index (χ1n) is 9.40. The van der Waals surface area contributed by atoms with Crippen molar-refractivity contribution in [3.05, 3.63) is 0 Å². The van der Waals surface area contributed by atoms with Crippen LogP contribution in [0.25, 0.3) is 0 Å². The highest BCUT2D eigenvalue weighted by atomic mass is 15.3. The van der Waals surface area contributed by atoms with Crippen molar-refractivity contribution < 1.29 is 0 Å². The number of fused-ring (bicyclic) bond motifs is 5. The Hall–Kier alpha value is 0. The fraction of sp³-hybridized carbons (Fsp3) is 1.00. The van der Waals surface area contributed by atoms with E-state index in [0.717, 1.165) is 27.1 Å². The van der Waals surface area contributed by atoms with E-state index in [1.807, 2.05) is 0 Å². The molecule has 11 aliphatic rings. The van der Waals surface area contributed by atoms with Crippen molar-refractivity contribution >= 4 is 0 Å². The third-order valence-corrected chi connectivity index (χ3v) is 13.9. The van der Waals surface area contributed by atoms with Gasteiger partial charge in [0.15, 0.2) is 0 Å². The summed E-state index contributed by atoms with van der Waals surface area (Å²) in [6.45, 7) is 0. The Kier molecular flexibility index (Phi) is 0.489. The highest BCUT2D eigenvalue weighted by Gasteiger charge is 3.27. The van der Waals surface area contributed by atoms with Gasteiger partial charge in [-0.05, 0) is 112 Å². The van der Waals surface area contributed by atoms with Crippen LogP contribution >= 0.6 is 0 Å². The van der Waals surface area contributed by atoms with Crippen LogP contribution in [0.15, 0.2) is 0 Å². The smallest absolute Gasteiger partial charge is 0.00632 e. The lowest BCUT2D eigenvalue weighted by Crippen LogP contribution is -3.15. The molecule has 15 atom stereocenters.